The first-order chi connectivity index (χ1) is 15.6. The van der Waals surface area contributed by atoms with Crippen molar-refractivity contribution >= 4 is 34.2 Å². The molecule has 4 N–H and O–H groups in total. The Bertz CT molecular complexity index is 1240. The van der Waals surface area contributed by atoms with Gasteiger partial charge in [-0.1, -0.05) is 60.1 Å². The molecule has 2 atom stereocenters. The Kier molecular flexibility index (Phi) is 5.60. The molecular formula is C26H25ClN4O. The van der Waals surface area contributed by atoms with Gasteiger partial charge in [0, 0.05) is 33.9 Å². The molecule has 0 saturated carbocycles. The van der Waals surface area contributed by atoms with Crippen molar-refractivity contribution in [2.75, 3.05) is 11.9 Å². The predicted molar refractivity (Wildman–Crippen MR) is 131 cm³/mol. The van der Waals surface area contributed by atoms with E-state index in [2.05, 4.69) is 28.5 Å². The van der Waals surface area contributed by atoms with Crippen LogP contribution in [-0.4, -0.2) is 28.6 Å². The van der Waals surface area contributed by atoms with E-state index in [1.165, 1.54) is 0 Å². The van der Waals surface area contributed by atoms with Gasteiger partial charge < -0.3 is 20.9 Å². The van der Waals surface area contributed by atoms with E-state index in [0.29, 0.717) is 18.0 Å². The lowest BCUT2D eigenvalue weighted by Crippen LogP contribution is -2.52. The molecule has 0 bridgehead atoms. The zero-order valence-corrected chi connectivity index (χ0v) is 18.3. The maximum atomic E-state index is 12.8. The van der Waals surface area contributed by atoms with E-state index >= 15 is 0 Å². The van der Waals surface area contributed by atoms with Crippen molar-refractivity contribution in [2.24, 2.45) is 5.73 Å². The maximum absolute atomic E-state index is 12.8. The number of hydrogen-bond acceptors (Lipinski definition) is 2. The van der Waals surface area contributed by atoms with E-state index in [0.717, 1.165) is 39.8 Å². The quantitative estimate of drug-likeness (QED) is 0.352. The second kappa shape index (κ2) is 8.69. The first-order valence-corrected chi connectivity index (χ1v) is 11.2. The molecule has 2 heterocycles. The predicted octanol–water partition coefficient (Wildman–Crippen LogP) is 6.18. The molecule has 4 aromatic rings. The SMILES string of the molecule is NC1CC(c2cc(Cl)cc3cc(-c4ccccc4)[nH]c23)CCN1C(=O)Nc1ccccc1. The number of aromatic nitrogens is 1. The van der Waals surface area contributed by atoms with Crippen LogP contribution in [0.4, 0.5) is 10.5 Å². The van der Waals surface area contributed by atoms with Crippen LogP contribution in [0.2, 0.25) is 5.02 Å². The normalized spacial score (nSPS) is 18.6. The van der Waals surface area contributed by atoms with Crippen LogP contribution in [0.25, 0.3) is 22.2 Å². The summed E-state index contributed by atoms with van der Waals surface area (Å²) in [5.41, 5.74) is 11.7. The van der Waals surface area contributed by atoms with Crippen molar-refractivity contribution in [3.63, 3.8) is 0 Å². The third kappa shape index (κ3) is 4.09. The number of benzene rings is 3. The third-order valence-electron chi connectivity index (χ3n) is 6.18. The number of fused-ring (bicyclic) bond motifs is 1. The summed E-state index contributed by atoms with van der Waals surface area (Å²) in [5, 5.41) is 4.74. The van der Waals surface area contributed by atoms with Crippen molar-refractivity contribution in [1.29, 1.82) is 0 Å². The fourth-order valence-electron chi connectivity index (χ4n) is 4.58. The molecular weight excluding hydrogens is 420 g/mol. The summed E-state index contributed by atoms with van der Waals surface area (Å²) < 4.78 is 0. The molecule has 2 amide bonds. The van der Waals surface area contributed by atoms with Gasteiger partial charge in [0.05, 0.1) is 6.17 Å². The fraction of sp³-hybridized carbons (Fsp3) is 0.192. The van der Waals surface area contributed by atoms with Gasteiger partial charge in [0.2, 0.25) is 0 Å². The number of anilines is 1. The number of urea groups is 1. The number of carbonyl (C=O) groups is 1. The molecule has 1 aromatic heterocycles. The first-order valence-electron chi connectivity index (χ1n) is 10.8. The number of hydrogen-bond donors (Lipinski definition) is 3. The zero-order valence-electron chi connectivity index (χ0n) is 17.6. The number of carbonyl (C=O) groups excluding carboxylic acids is 1. The number of aromatic amines is 1. The van der Waals surface area contributed by atoms with E-state index in [-0.39, 0.29) is 18.1 Å². The molecule has 1 fully saturated rings. The van der Waals surface area contributed by atoms with Gasteiger partial charge in [-0.05, 0) is 60.2 Å². The molecule has 0 spiro atoms. The first kappa shape index (κ1) is 20.6. The molecule has 1 aliphatic heterocycles. The summed E-state index contributed by atoms with van der Waals surface area (Å²) in [5.74, 6) is 0.217. The molecule has 5 rings (SSSR count). The number of halogens is 1. The number of piperidine rings is 1. The van der Waals surface area contributed by atoms with Gasteiger partial charge in [-0.15, -0.1) is 0 Å². The van der Waals surface area contributed by atoms with Gasteiger partial charge in [-0.2, -0.15) is 0 Å². The van der Waals surface area contributed by atoms with E-state index in [4.69, 9.17) is 17.3 Å². The van der Waals surface area contributed by atoms with Crippen LogP contribution in [0, 0.1) is 0 Å². The Hall–Kier alpha value is -3.28. The molecule has 0 aliphatic carbocycles. The molecule has 1 saturated heterocycles. The lowest BCUT2D eigenvalue weighted by Gasteiger charge is -2.37. The minimum Gasteiger partial charge on any atom is -0.354 e. The average Bonchev–Trinajstić information content (AvgIpc) is 3.23. The van der Waals surface area contributed by atoms with Gasteiger partial charge in [0.25, 0.3) is 0 Å². The summed E-state index contributed by atoms with van der Waals surface area (Å²) in [6.07, 6.45) is 1.14. The number of para-hydroxylation sites is 1. The molecule has 1 aliphatic rings. The minimum absolute atomic E-state index is 0.162. The van der Waals surface area contributed by atoms with E-state index < -0.39 is 0 Å². The Morgan fingerprint density at radius 3 is 2.47 bits per heavy atom. The number of likely N-dealkylation sites (tertiary alicyclic amines) is 1. The number of nitrogens with two attached hydrogens (primary N) is 1. The number of nitrogens with zero attached hydrogens (tertiary/aromatic N) is 1. The van der Waals surface area contributed by atoms with Crippen LogP contribution in [0.15, 0.2) is 78.9 Å². The number of nitrogens with one attached hydrogen (secondary N) is 2. The van der Waals surface area contributed by atoms with Gasteiger partial charge in [0.1, 0.15) is 0 Å². The summed E-state index contributed by atoms with van der Waals surface area (Å²) in [4.78, 5) is 18.1. The van der Waals surface area contributed by atoms with Gasteiger partial charge in [-0.25, -0.2) is 4.79 Å². The molecule has 162 valence electrons. The molecule has 2 unspecified atom stereocenters. The van der Waals surface area contributed by atoms with Gasteiger partial charge >= 0.3 is 6.03 Å². The van der Waals surface area contributed by atoms with Crippen molar-refractivity contribution in [3.8, 4) is 11.3 Å². The summed E-state index contributed by atoms with van der Waals surface area (Å²) in [6.45, 7) is 0.588. The van der Waals surface area contributed by atoms with Crippen LogP contribution in [0.3, 0.4) is 0 Å². The summed E-state index contributed by atoms with van der Waals surface area (Å²) >= 11 is 6.48. The Balaban J connectivity index is 1.38. The Morgan fingerprint density at radius 1 is 1.03 bits per heavy atom. The highest BCUT2D eigenvalue weighted by Gasteiger charge is 2.31. The lowest BCUT2D eigenvalue weighted by molar-refractivity contribution is 0.157. The second-order valence-electron chi connectivity index (χ2n) is 8.29. The minimum atomic E-state index is -0.366. The second-order valence-corrected chi connectivity index (χ2v) is 8.72. The van der Waals surface area contributed by atoms with E-state index in [9.17, 15) is 4.79 Å². The summed E-state index contributed by atoms with van der Waals surface area (Å²) in [7, 11) is 0. The van der Waals surface area contributed by atoms with Crippen molar-refractivity contribution < 1.29 is 4.79 Å². The fourth-order valence-corrected chi connectivity index (χ4v) is 4.81. The average molecular weight is 445 g/mol. The van der Waals surface area contributed by atoms with Crippen LogP contribution in [0.5, 0.6) is 0 Å². The molecule has 0 radical (unpaired) electrons. The highest BCUT2D eigenvalue weighted by Crippen LogP contribution is 2.38. The molecule has 32 heavy (non-hydrogen) atoms. The van der Waals surface area contributed by atoms with E-state index in [1.807, 2.05) is 60.7 Å². The monoisotopic (exact) mass is 444 g/mol. The number of rotatable bonds is 3. The highest BCUT2D eigenvalue weighted by molar-refractivity contribution is 6.31. The smallest absolute Gasteiger partial charge is 0.323 e. The zero-order chi connectivity index (χ0) is 22.1. The lowest BCUT2D eigenvalue weighted by atomic mass is 9.87. The van der Waals surface area contributed by atoms with Gasteiger partial charge in [0.15, 0.2) is 0 Å². The maximum Gasteiger partial charge on any atom is 0.323 e. The Morgan fingerprint density at radius 2 is 1.75 bits per heavy atom. The van der Waals surface area contributed by atoms with Crippen LogP contribution >= 0.6 is 11.6 Å². The standard InChI is InChI=1S/C26H25ClN4O/c27-20-13-19-14-23(17-7-3-1-4-8-17)30-25(19)22(16-20)18-11-12-31(24(28)15-18)26(32)29-21-9-5-2-6-10-21/h1-10,13-14,16,18,24,30H,11-12,15,28H2,(H,29,32). The van der Waals surface area contributed by atoms with Gasteiger partial charge in [-0.3, -0.25) is 0 Å². The topological polar surface area (TPSA) is 74.2 Å². The third-order valence-corrected chi connectivity index (χ3v) is 6.40. The van der Waals surface area contributed by atoms with Crippen LogP contribution in [-0.2, 0) is 0 Å². The number of H-pyrrole nitrogens is 1. The highest BCUT2D eigenvalue weighted by atomic mass is 35.5. The summed E-state index contributed by atoms with van der Waals surface area (Å²) in [6, 6.07) is 25.7. The van der Waals surface area contributed by atoms with Crippen molar-refractivity contribution in [1.82, 2.24) is 9.88 Å². The van der Waals surface area contributed by atoms with Crippen LogP contribution in [0.1, 0.15) is 24.3 Å². The van der Waals surface area contributed by atoms with E-state index in [1.54, 1.807) is 4.90 Å². The number of amides is 2. The largest absolute Gasteiger partial charge is 0.354 e. The molecule has 3 aromatic carbocycles. The van der Waals surface area contributed by atoms with Crippen molar-refractivity contribution in [2.45, 2.75) is 24.9 Å². The van der Waals surface area contributed by atoms with Crippen molar-refractivity contribution in [3.05, 3.63) is 89.4 Å². The molecule has 6 heteroatoms. The Labute approximate surface area is 192 Å². The molecule has 5 nitrogen and oxygen atoms in total. The van der Waals surface area contributed by atoms with Crippen LogP contribution < -0.4 is 11.1 Å².